The van der Waals surface area contributed by atoms with Crippen molar-refractivity contribution in [1.29, 1.82) is 0 Å². The lowest BCUT2D eigenvalue weighted by atomic mass is 9.78. The third-order valence-electron chi connectivity index (χ3n) is 5.76. The van der Waals surface area contributed by atoms with E-state index in [2.05, 4.69) is 16.7 Å². The number of carbonyl (C=O) groups is 1. The fourth-order valence-corrected chi connectivity index (χ4v) is 3.89. The Balaban J connectivity index is 0.00000140. The van der Waals surface area contributed by atoms with Gasteiger partial charge >= 0.3 is 6.03 Å². The van der Waals surface area contributed by atoms with Gasteiger partial charge in [0.15, 0.2) is 0 Å². The fraction of sp³-hybridized carbons (Fsp3) is 0.737. The summed E-state index contributed by atoms with van der Waals surface area (Å²) < 4.78 is 0. The highest BCUT2D eigenvalue weighted by Crippen LogP contribution is 2.41. The zero-order valence-electron chi connectivity index (χ0n) is 16.4. The molecule has 0 aromatic carbocycles. The first-order valence-electron chi connectivity index (χ1n) is 10.1. The average Bonchev–Trinajstić information content (AvgIpc) is 3.45. The Bertz CT molecular complexity index is 658. The van der Waals surface area contributed by atoms with E-state index < -0.39 is 0 Å². The third-order valence-corrected chi connectivity index (χ3v) is 5.76. The molecule has 0 atom stereocenters. The van der Waals surface area contributed by atoms with Gasteiger partial charge in [-0.2, -0.15) is 0 Å². The van der Waals surface area contributed by atoms with E-state index in [1.165, 1.54) is 12.8 Å². The number of anilines is 1. The van der Waals surface area contributed by atoms with Crippen molar-refractivity contribution in [3.63, 3.8) is 0 Å². The average molecular weight is 431 g/mol. The molecule has 2 aliphatic carbocycles. The minimum absolute atomic E-state index is 0. The second-order valence-electron chi connectivity index (χ2n) is 7.98. The Labute approximate surface area is 179 Å². The number of nitrogens with two attached hydrogens (primary N) is 1. The van der Waals surface area contributed by atoms with Gasteiger partial charge in [-0.1, -0.05) is 0 Å². The summed E-state index contributed by atoms with van der Waals surface area (Å²) in [6.45, 7) is 4.20. The Morgan fingerprint density at radius 1 is 1.14 bits per heavy atom. The number of aromatic nitrogens is 2. The number of nitrogens with zero attached hydrogens (tertiary/aromatic N) is 3. The molecule has 9 heteroatoms. The SMILES string of the molecule is CCNC(=O)N1CCC(Nc2cc(C3CC(N)C3)nc(C3CC3)n2)CC1.Cl.Cl. The van der Waals surface area contributed by atoms with Crippen molar-refractivity contribution in [2.75, 3.05) is 25.0 Å². The van der Waals surface area contributed by atoms with Crippen LogP contribution in [0.5, 0.6) is 0 Å². The van der Waals surface area contributed by atoms with Crippen molar-refractivity contribution in [3.05, 3.63) is 17.6 Å². The summed E-state index contributed by atoms with van der Waals surface area (Å²) in [7, 11) is 0. The van der Waals surface area contributed by atoms with E-state index >= 15 is 0 Å². The highest BCUT2D eigenvalue weighted by Gasteiger charge is 2.32. The minimum Gasteiger partial charge on any atom is -0.367 e. The second-order valence-corrected chi connectivity index (χ2v) is 7.98. The van der Waals surface area contributed by atoms with E-state index in [0.717, 1.165) is 56.1 Å². The van der Waals surface area contributed by atoms with E-state index in [1.807, 2.05) is 11.8 Å². The first kappa shape index (κ1) is 23.0. The van der Waals surface area contributed by atoms with Crippen LogP contribution in [0.25, 0.3) is 0 Å². The molecular formula is C19H32Cl2N6O. The molecule has 4 N–H and O–H groups in total. The molecule has 7 nitrogen and oxygen atoms in total. The molecule has 1 saturated heterocycles. The van der Waals surface area contributed by atoms with Crippen molar-refractivity contribution < 1.29 is 4.79 Å². The summed E-state index contributed by atoms with van der Waals surface area (Å²) in [6.07, 6.45) is 6.38. The molecule has 2 amide bonds. The van der Waals surface area contributed by atoms with Crippen molar-refractivity contribution >= 4 is 36.7 Å². The summed E-state index contributed by atoms with van der Waals surface area (Å²) >= 11 is 0. The van der Waals surface area contributed by atoms with Crippen LogP contribution in [0, 0.1) is 0 Å². The van der Waals surface area contributed by atoms with E-state index in [0.29, 0.717) is 30.5 Å². The second kappa shape index (κ2) is 9.94. The summed E-state index contributed by atoms with van der Waals surface area (Å²) in [5.74, 6) is 2.99. The van der Waals surface area contributed by atoms with Crippen LogP contribution in [0.15, 0.2) is 6.07 Å². The number of hydrogen-bond donors (Lipinski definition) is 3. The fourth-order valence-electron chi connectivity index (χ4n) is 3.89. The standard InChI is InChI=1S/C19H30N6O.2ClH/c1-2-21-19(26)25-7-5-15(6-8-25)22-17-11-16(13-9-14(20)10-13)23-18(24-17)12-3-4-12;;/h11-15H,2-10,20H2,1H3,(H,21,26)(H,22,23,24);2*1H. The third kappa shape index (κ3) is 5.39. The number of likely N-dealkylation sites (tertiary alicyclic amines) is 1. The molecule has 3 aliphatic rings. The molecule has 0 unspecified atom stereocenters. The van der Waals surface area contributed by atoms with Crippen LogP contribution in [0.4, 0.5) is 10.6 Å². The summed E-state index contributed by atoms with van der Waals surface area (Å²) in [4.78, 5) is 23.5. The van der Waals surface area contributed by atoms with Gasteiger partial charge in [0.1, 0.15) is 11.6 Å². The van der Waals surface area contributed by atoms with Crippen LogP contribution in [0.2, 0.25) is 0 Å². The predicted octanol–water partition coefficient (Wildman–Crippen LogP) is 3.01. The van der Waals surface area contributed by atoms with Crippen molar-refractivity contribution in [2.45, 2.75) is 69.4 Å². The molecule has 0 spiro atoms. The van der Waals surface area contributed by atoms with Crippen LogP contribution in [-0.4, -0.2) is 52.6 Å². The van der Waals surface area contributed by atoms with E-state index in [4.69, 9.17) is 15.7 Å². The molecule has 28 heavy (non-hydrogen) atoms. The first-order valence-corrected chi connectivity index (χ1v) is 10.1. The van der Waals surface area contributed by atoms with Gasteiger partial charge in [0.05, 0.1) is 0 Å². The number of rotatable bonds is 5. The van der Waals surface area contributed by atoms with Crippen LogP contribution in [0.1, 0.15) is 68.8 Å². The lowest BCUT2D eigenvalue weighted by Gasteiger charge is -2.34. The summed E-state index contributed by atoms with van der Waals surface area (Å²) in [5.41, 5.74) is 7.12. The molecule has 2 saturated carbocycles. The maximum absolute atomic E-state index is 11.9. The first-order chi connectivity index (χ1) is 12.6. The number of nitrogens with one attached hydrogen (secondary N) is 2. The Morgan fingerprint density at radius 2 is 1.82 bits per heavy atom. The lowest BCUT2D eigenvalue weighted by molar-refractivity contribution is 0.184. The molecule has 4 rings (SSSR count). The predicted molar refractivity (Wildman–Crippen MR) is 116 cm³/mol. The van der Waals surface area contributed by atoms with Crippen LogP contribution >= 0.6 is 24.8 Å². The molecule has 1 aromatic heterocycles. The van der Waals surface area contributed by atoms with E-state index in [-0.39, 0.29) is 30.8 Å². The van der Waals surface area contributed by atoms with Gasteiger partial charge in [-0.3, -0.25) is 0 Å². The van der Waals surface area contributed by atoms with Gasteiger partial charge < -0.3 is 21.3 Å². The quantitative estimate of drug-likeness (QED) is 0.666. The number of urea groups is 1. The molecule has 1 aliphatic heterocycles. The smallest absolute Gasteiger partial charge is 0.317 e. The zero-order chi connectivity index (χ0) is 18.1. The molecule has 0 radical (unpaired) electrons. The topological polar surface area (TPSA) is 96.2 Å². The lowest BCUT2D eigenvalue weighted by Crippen LogP contribution is -2.46. The van der Waals surface area contributed by atoms with Gasteiger partial charge in [0.25, 0.3) is 0 Å². The van der Waals surface area contributed by atoms with E-state index in [1.54, 1.807) is 0 Å². The molecule has 158 valence electrons. The van der Waals surface area contributed by atoms with Gasteiger partial charge in [-0.25, -0.2) is 14.8 Å². The molecule has 1 aromatic rings. The Kier molecular flexibility index (Phi) is 8.16. The van der Waals surface area contributed by atoms with Gasteiger partial charge in [-0.05, 0) is 45.4 Å². The maximum atomic E-state index is 11.9. The zero-order valence-corrected chi connectivity index (χ0v) is 18.0. The van der Waals surface area contributed by atoms with Crippen LogP contribution < -0.4 is 16.4 Å². The number of carbonyl (C=O) groups excluding carboxylic acids is 1. The normalized spacial score (nSPS) is 24.4. The van der Waals surface area contributed by atoms with Gasteiger partial charge in [-0.15, -0.1) is 24.8 Å². The maximum Gasteiger partial charge on any atom is 0.317 e. The molecule has 0 bridgehead atoms. The summed E-state index contributed by atoms with van der Waals surface area (Å²) in [5, 5.41) is 6.49. The number of amides is 2. The number of piperidine rings is 1. The number of halogens is 2. The Morgan fingerprint density at radius 3 is 2.39 bits per heavy atom. The monoisotopic (exact) mass is 430 g/mol. The summed E-state index contributed by atoms with van der Waals surface area (Å²) in [6, 6.07) is 2.86. The van der Waals surface area contributed by atoms with Crippen molar-refractivity contribution in [2.24, 2.45) is 5.73 Å². The van der Waals surface area contributed by atoms with Gasteiger partial charge in [0.2, 0.25) is 0 Å². The molecular weight excluding hydrogens is 399 g/mol. The van der Waals surface area contributed by atoms with E-state index in [9.17, 15) is 4.79 Å². The van der Waals surface area contributed by atoms with Crippen molar-refractivity contribution in [1.82, 2.24) is 20.2 Å². The molecule has 3 fully saturated rings. The minimum atomic E-state index is 0. The van der Waals surface area contributed by atoms with Crippen LogP contribution in [-0.2, 0) is 0 Å². The van der Waals surface area contributed by atoms with Crippen LogP contribution in [0.3, 0.4) is 0 Å². The largest absolute Gasteiger partial charge is 0.367 e. The van der Waals surface area contributed by atoms with Gasteiger partial charge in [0, 0.05) is 55.3 Å². The van der Waals surface area contributed by atoms with Crippen molar-refractivity contribution in [3.8, 4) is 0 Å². The number of hydrogen-bond acceptors (Lipinski definition) is 5. The highest BCUT2D eigenvalue weighted by atomic mass is 35.5. The highest BCUT2D eigenvalue weighted by molar-refractivity contribution is 5.85. The Hall–Kier alpha value is -1.31. The molecule has 2 heterocycles.